The third kappa shape index (κ3) is 4.04. The summed E-state index contributed by atoms with van der Waals surface area (Å²) >= 11 is 3.35. The van der Waals surface area contributed by atoms with E-state index in [1.165, 1.54) is 23.0 Å². The highest BCUT2D eigenvalue weighted by Gasteiger charge is 2.23. The molecule has 4 rings (SSSR count). The minimum absolute atomic E-state index is 0.0424. The molecule has 2 heterocycles. The highest BCUT2D eigenvalue weighted by atomic mass is 79.9. The monoisotopic (exact) mass is 471 g/mol. The van der Waals surface area contributed by atoms with Gasteiger partial charge in [0.25, 0.3) is 11.2 Å². The van der Waals surface area contributed by atoms with Crippen LogP contribution in [0.3, 0.4) is 0 Å². The highest BCUT2D eigenvalue weighted by molar-refractivity contribution is 9.10. The number of aromatic nitrogens is 2. The van der Waals surface area contributed by atoms with Crippen molar-refractivity contribution in [2.75, 3.05) is 31.1 Å². The first-order chi connectivity index (χ1) is 14.4. The molecule has 1 aliphatic rings. The Hall–Kier alpha value is -3.27. The van der Waals surface area contributed by atoms with Crippen LogP contribution in [0.5, 0.6) is 0 Å². The number of non-ortho nitro benzene ring substituents is 1. The lowest BCUT2D eigenvalue weighted by atomic mass is 10.2. The Bertz CT molecular complexity index is 1190. The summed E-state index contributed by atoms with van der Waals surface area (Å²) in [5.74, 6) is -0.160. The van der Waals surface area contributed by atoms with E-state index in [0.29, 0.717) is 37.1 Å². The summed E-state index contributed by atoms with van der Waals surface area (Å²) in [6, 6.07) is 11.7. The van der Waals surface area contributed by atoms with E-state index in [0.717, 1.165) is 10.2 Å². The van der Waals surface area contributed by atoms with Gasteiger partial charge < -0.3 is 9.80 Å². The first-order valence-electron chi connectivity index (χ1n) is 9.34. The van der Waals surface area contributed by atoms with E-state index >= 15 is 0 Å². The van der Waals surface area contributed by atoms with E-state index in [1.807, 2.05) is 17.0 Å². The van der Waals surface area contributed by atoms with Crippen LogP contribution < -0.4 is 10.5 Å². The Labute approximate surface area is 179 Å². The van der Waals surface area contributed by atoms with Crippen molar-refractivity contribution in [3.63, 3.8) is 0 Å². The molecule has 154 valence electrons. The molecular weight excluding hydrogens is 454 g/mol. The fraction of sp³-hybridized carbons (Fsp3) is 0.250. The number of piperazine rings is 1. The van der Waals surface area contributed by atoms with Crippen molar-refractivity contribution in [1.29, 1.82) is 0 Å². The molecule has 0 radical (unpaired) electrons. The van der Waals surface area contributed by atoms with Crippen molar-refractivity contribution >= 4 is 44.1 Å². The topological polar surface area (TPSA) is 102 Å². The first-order valence-corrected chi connectivity index (χ1v) is 10.1. The minimum Gasteiger partial charge on any atom is -0.368 e. The average molecular weight is 472 g/mol. The zero-order chi connectivity index (χ0) is 21.3. The number of benzene rings is 2. The second kappa shape index (κ2) is 8.23. The van der Waals surface area contributed by atoms with Crippen molar-refractivity contribution in [3.8, 4) is 0 Å². The molecular formula is C20H18BrN5O4. The first kappa shape index (κ1) is 20.0. The number of hydrogen-bond acceptors (Lipinski definition) is 6. The molecule has 10 heteroatoms. The fourth-order valence-corrected chi connectivity index (χ4v) is 3.87. The molecule has 0 spiro atoms. The van der Waals surface area contributed by atoms with Gasteiger partial charge in [-0.3, -0.25) is 24.3 Å². The largest absolute Gasteiger partial charge is 0.368 e. The predicted octanol–water partition coefficient (Wildman–Crippen LogP) is 2.42. The van der Waals surface area contributed by atoms with E-state index < -0.39 is 4.92 Å². The van der Waals surface area contributed by atoms with Gasteiger partial charge in [0.2, 0.25) is 5.91 Å². The Morgan fingerprint density at radius 1 is 1.13 bits per heavy atom. The van der Waals surface area contributed by atoms with Gasteiger partial charge >= 0.3 is 0 Å². The summed E-state index contributed by atoms with van der Waals surface area (Å²) in [6.07, 6.45) is 1.40. The van der Waals surface area contributed by atoms with Crippen LogP contribution in [0.2, 0.25) is 0 Å². The van der Waals surface area contributed by atoms with Crippen LogP contribution in [0, 0.1) is 10.1 Å². The number of anilines is 1. The van der Waals surface area contributed by atoms with Gasteiger partial charge in [0.05, 0.1) is 22.2 Å². The van der Waals surface area contributed by atoms with Gasteiger partial charge in [0.1, 0.15) is 6.54 Å². The number of nitrogens with zero attached hydrogens (tertiary/aromatic N) is 5. The van der Waals surface area contributed by atoms with Gasteiger partial charge in [-0.05, 0) is 24.3 Å². The van der Waals surface area contributed by atoms with Gasteiger partial charge in [-0.15, -0.1) is 0 Å². The number of hydrogen-bond donors (Lipinski definition) is 0. The quantitative estimate of drug-likeness (QED) is 0.427. The molecule has 1 saturated heterocycles. The SMILES string of the molecule is O=C(Cn1cnc2ccc(Br)cc2c1=O)N1CCN(c2cccc([N+](=O)[O-])c2)CC1. The molecule has 9 nitrogen and oxygen atoms in total. The van der Waals surface area contributed by atoms with E-state index in [1.54, 1.807) is 23.1 Å². The van der Waals surface area contributed by atoms with Crippen LogP contribution in [0.4, 0.5) is 11.4 Å². The van der Waals surface area contributed by atoms with Crippen molar-refractivity contribution in [2.45, 2.75) is 6.54 Å². The van der Waals surface area contributed by atoms with Gasteiger partial charge in [-0.2, -0.15) is 0 Å². The van der Waals surface area contributed by atoms with Crippen molar-refractivity contribution in [1.82, 2.24) is 14.5 Å². The lowest BCUT2D eigenvalue weighted by Gasteiger charge is -2.36. The molecule has 1 amide bonds. The van der Waals surface area contributed by atoms with Crippen LogP contribution >= 0.6 is 15.9 Å². The molecule has 2 aromatic carbocycles. The lowest BCUT2D eigenvalue weighted by Crippen LogP contribution is -2.50. The molecule has 0 saturated carbocycles. The van der Waals surface area contributed by atoms with Gasteiger partial charge in [0, 0.05) is 48.5 Å². The Balaban J connectivity index is 1.43. The third-order valence-electron chi connectivity index (χ3n) is 5.13. The molecule has 0 bridgehead atoms. The number of nitro benzene ring substituents is 1. The number of rotatable bonds is 4. The Morgan fingerprint density at radius 2 is 1.90 bits per heavy atom. The third-order valence-corrected chi connectivity index (χ3v) is 5.62. The summed E-state index contributed by atoms with van der Waals surface area (Å²) in [5.41, 5.74) is 1.12. The van der Waals surface area contributed by atoms with Crippen LogP contribution in [0.25, 0.3) is 10.9 Å². The molecule has 0 aliphatic carbocycles. The standard InChI is InChI=1S/C20H18BrN5O4/c21-14-4-5-18-17(10-14)20(28)25(13-22-18)12-19(27)24-8-6-23(7-9-24)15-2-1-3-16(11-15)26(29)30/h1-5,10-11,13H,6-9,12H2. The van der Waals surface area contributed by atoms with Crippen LogP contribution in [-0.2, 0) is 11.3 Å². The molecule has 1 aromatic heterocycles. The number of carbonyl (C=O) groups is 1. The smallest absolute Gasteiger partial charge is 0.271 e. The van der Waals surface area contributed by atoms with Crippen molar-refractivity contribution in [2.24, 2.45) is 0 Å². The molecule has 3 aromatic rings. The van der Waals surface area contributed by atoms with Crippen LogP contribution in [0.1, 0.15) is 0 Å². The summed E-state index contributed by atoms with van der Waals surface area (Å²) in [5, 5.41) is 11.4. The summed E-state index contributed by atoms with van der Waals surface area (Å²) in [7, 11) is 0. The Morgan fingerprint density at radius 3 is 2.63 bits per heavy atom. The molecule has 1 fully saturated rings. The predicted molar refractivity (Wildman–Crippen MR) is 116 cm³/mol. The summed E-state index contributed by atoms with van der Waals surface area (Å²) in [4.78, 5) is 44.0. The number of nitro groups is 1. The maximum atomic E-state index is 12.7. The molecule has 0 N–H and O–H groups in total. The summed E-state index contributed by atoms with van der Waals surface area (Å²) in [6.45, 7) is 1.99. The average Bonchev–Trinajstić information content (AvgIpc) is 2.76. The zero-order valence-corrected chi connectivity index (χ0v) is 17.5. The van der Waals surface area contributed by atoms with E-state index in [4.69, 9.17) is 0 Å². The second-order valence-corrected chi connectivity index (χ2v) is 7.90. The minimum atomic E-state index is -0.419. The molecule has 0 atom stereocenters. The van der Waals surface area contributed by atoms with Crippen molar-refractivity contribution in [3.05, 3.63) is 73.7 Å². The van der Waals surface area contributed by atoms with Gasteiger partial charge in [0.15, 0.2) is 0 Å². The zero-order valence-electron chi connectivity index (χ0n) is 15.9. The lowest BCUT2D eigenvalue weighted by molar-refractivity contribution is -0.384. The normalized spacial score (nSPS) is 14.2. The van der Waals surface area contributed by atoms with Crippen LogP contribution in [-0.4, -0.2) is 51.5 Å². The maximum Gasteiger partial charge on any atom is 0.271 e. The van der Waals surface area contributed by atoms with Gasteiger partial charge in [-0.1, -0.05) is 22.0 Å². The van der Waals surface area contributed by atoms with E-state index in [9.17, 15) is 19.7 Å². The van der Waals surface area contributed by atoms with Crippen LogP contribution in [0.15, 0.2) is 58.1 Å². The summed E-state index contributed by atoms with van der Waals surface area (Å²) < 4.78 is 2.10. The van der Waals surface area contributed by atoms with Gasteiger partial charge in [-0.25, -0.2) is 4.98 Å². The second-order valence-electron chi connectivity index (χ2n) is 6.98. The fourth-order valence-electron chi connectivity index (χ4n) is 3.51. The Kier molecular flexibility index (Phi) is 5.49. The van der Waals surface area contributed by atoms with E-state index in [2.05, 4.69) is 20.9 Å². The molecule has 30 heavy (non-hydrogen) atoms. The maximum absolute atomic E-state index is 12.7. The molecule has 1 aliphatic heterocycles. The number of halogens is 1. The number of carbonyl (C=O) groups excluding carboxylic acids is 1. The molecule has 0 unspecified atom stereocenters. The van der Waals surface area contributed by atoms with Crippen molar-refractivity contribution < 1.29 is 9.72 Å². The highest BCUT2D eigenvalue weighted by Crippen LogP contribution is 2.22. The number of fused-ring (bicyclic) bond motifs is 1. The van der Waals surface area contributed by atoms with E-state index in [-0.39, 0.29) is 23.7 Å². The number of amides is 1.